The first-order chi connectivity index (χ1) is 15.1. The second kappa shape index (κ2) is 9.14. The number of methoxy groups -OCH3 is 1. The number of hydrogen-bond acceptors (Lipinski definition) is 4. The Bertz CT molecular complexity index is 1120. The quantitative estimate of drug-likeness (QED) is 0.672. The molecule has 0 saturated carbocycles. The van der Waals surface area contributed by atoms with Gasteiger partial charge in [0.2, 0.25) is 0 Å². The lowest BCUT2D eigenvalue weighted by Gasteiger charge is -2.32. The second-order valence-electron chi connectivity index (χ2n) is 7.80. The Morgan fingerprint density at radius 1 is 1.06 bits per heavy atom. The van der Waals surface area contributed by atoms with E-state index in [-0.39, 0.29) is 22.9 Å². The van der Waals surface area contributed by atoms with Gasteiger partial charge in [0.25, 0.3) is 11.5 Å². The predicted molar refractivity (Wildman–Crippen MR) is 118 cm³/mol. The third kappa shape index (κ3) is 4.51. The Balaban J connectivity index is 1.54. The standard InChI is InChI=1S/C24H26N4O3/c1-18-8-6-7-11-20(18)28-22(29)16-21(31-2)23(25-28)24(30)27-14-12-26(13-15-27)17-19-9-4-3-5-10-19/h3-11,16H,12-15,17H2,1-2H3/p+1. The fourth-order valence-corrected chi connectivity index (χ4v) is 3.95. The molecule has 31 heavy (non-hydrogen) atoms. The van der Waals surface area contributed by atoms with Crippen molar-refractivity contribution < 1.29 is 14.4 Å². The zero-order valence-electron chi connectivity index (χ0n) is 17.9. The lowest BCUT2D eigenvalue weighted by Crippen LogP contribution is -3.13. The van der Waals surface area contributed by atoms with Crippen molar-refractivity contribution in [3.8, 4) is 11.4 Å². The van der Waals surface area contributed by atoms with Crippen LogP contribution in [0.1, 0.15) is 21.6 Å². The summed E-state index contributed by atoms with van der Waals surface area (Å²) in [7, 11) is 1.45. The smallest absolute Gasteiger partial charge is 0.278 e. The van der Waals surface area contributed by atoms with Crippen LogP contribution < -0.4 is 15.2 Å². The van der Waals surface area contributed by atoms with E-state index in [9.17, 15) is 9.59 Å². The number of aromatic nitrogens is 2. The van der Waals surface area contributed by atoms with Gasteiger partial charge in [-0.1, -0.05) is 48.5 Å². The first-order valence-electron chi connectivity index (χ1n) is 10.5. The highest BCUT2D eigenvalue weighted by Crippen LogP contribution is 2.18. The lowest BCUT2D eigenvalue weighted by molar-refractivity contribution is -0.917. The van der Waals surface area contributed by atoms with Gasteiger partial charge in [0.15, 0.2) is 11.4 Å². The number of para-hydroxylation sites is 1. The Labute approximate surface area is 181 Å². The van der Waals surface area contributed by atoms with Crippen molar-refractivity contribution in [2.24, 2.45) is 0 Å². The molecule has 1 fully saturated rings. The van der Waals surface area contributed by atoms with Crippen LogP contribution in [0.25, 0.3) is 5.69 Å². The van der Waals surface area contributed by atoms with Crippen LogP contribution in [0.4, 0.5) is 0 Å². The van der Waals surface area contributed by atoms with Crippen molar-refractivity contribution in [2.75, 3.05) is 33.3 Å². The molecule has 2 aromatic carbocycles. The fourth-order valence-electron chi connectivity index (χ4n) is 3.95. The minimum atomic E-state index is -0.333. The van der Waals surface area contributed by atoms with Crippen LogP contribution in [0.2, 0.25) is 0 Å². The van der Waals surface area contributed by atoms with Gasteiger partial charge in [-0.05, 0) is 18.6 Å². The van der Waals surface area contributed by atoms with E-state index in [0.29, 0.717) is 18.8 Å². The molecule has 0 radical (unpaired) electrons. The van der Waals surface area contributed by atoms with E-state index in [1.807, 2.05) is 37.3 Å². The Hall–Kier alpha value is -3.45. The number of nitrogens with zero attached hydrogens (tertiary/aromatic N) is 3. The number of ether oxygens (including phenoxy) is 1. The van der Waals surface area contributed by atoms with Gasteiger partial charge in [0, 0.05) is 5.56 Å². The molecule has 1 aliphatic rings. The first kappa shape index (κ1) is 20.8. The van der Waals surface area contributed by atoms with E-state index in [2.05, 4.69) is 29.4 Å². The summed E-state index contributed by atoms with van der Waals surface area (Å²) in [6.45, 7) is 5.85. The lowest BCUT2D eigenvalue weighted by atomic mass is 10.2. The topological polar surface area (TPSA) is 68.9 Å². The molecule has 7 heteroatoms. The molecule has 0 spiro atoms. The van der Waals surface area contributed by atoms with Crippen molar-refractivity contribution in [3.05, 3.63) is 87.8 Å². The Morgan fingerprint density at radius 2 is 1.74 bits per heavy atom. The number of rotatable bonds is 5. The van der Waals surface area contributed by atoms with Gasteiger partial charge in [0.1, 0.15) is 6.54 Å². The van der Waals surface area contributed by atoms with Crippen LogP contribution in [0.3, 0.4) is 0 Å². The minimum Gasteiger partial charge on any atom is -0.494 e. The maximum atomic E-state index is 13.3. The summed E-state index contributed by atoms with van der Waals surface area (Å²) in [5.41, 5.74) is 2.68. The van der Waals surface area contributed by atoms with E-state index in [0.717, 1.165) is 25.2 Å². The number of amides is 1. The average Bonchev–Trinajstić information content (AvgIpc) is 2.80. The van der Waals surface area contributed by atoms with Crippen molar-refractivity contribution in [3.63, 3.8) is 0 Å². The highest BCUT2D eigenvalue weighted by atomic mass is 16.5. The van der Waals surface area contributed by atoms with E-state index in [1.165, 1.54) is 28.3 Å². The highest BCUT2D eigenvalue weighted by molar-refractivity contribution is 5.94. The van der Waals surface area contributed by atoms with E-state index in [4.69, 9.17) is 4.74 Å². The number of quaternary nitrogens is 1. The zero-order chi connectivity index (χ0) is 21.8. The molecule has 1 N–H and O–H groups in total. The molecule has 0 unspecified atom stereocenters. The van der Waals surface area contributed by atoms with Gasteiger partial charge in [0.05, 0.1) is 45.0 Å². The van der Waals surface area contributed by atoms with Gasteiger partial charge < -0.3 is 14.5 Å². The maximum absolute atomic E-state index is 13.3. The van der Waals surface area contributed by atoms with Gasteiger partial charge in [-0.2, -0.15) is 9.78 Å². The number of aryl methyl sites for hydroxylation is 1. The van der Waals surface area contributed by atoms with Gasteiger partial charge in [-0.15, -0.1) is 0 Å². The van der Waals surface area contributed by atoms with Crippen LogP contribution in [-0.2, 0) is 6.54 Å². The van der Waals surface area contributed by atoms with Gasteiger partial charge in [-0.3, -0.25) is 9.59 Å². The Morgan fingerprint density at radius 3 is 2.42 bits per heavy atom. The fraction of sp³-hybridized carbons (Fsp3) is 0.292. The molecule has 7 nitrogen and oxygen atoms in total. The van der Waals surface area contributed by atoms with E-state index < -0.39 is 0 Å². The molecule has 1 aromatic heterocycles. The molecular weight excluding hydrogens is 392 g/mol. The number of carbonyl (C=O) groups is 1. The van der Waals surface area contributed by atoms with Crippen molar-refractivity contribution >= 4 is 5.91 Å². The molecule has 2 heterocycles. The summed E-state index contributed by atoms with van der Waals surface area (Å²) in [5.74, 6) is -0.00292. The maximum Gasteiger partial charge on any atom is 0.278 e. The number of benzene rings is 2. The van der Waals surface area contributed by atoms with Crippen LogP contribution in [0.15, 0.2) is 65.5 Å². The summed E-state index contributed by atoms with van der Waals surface area (Å²) in [6.07, 6.45) is 0. The van der Waals surface area contributed by atoms with Crippen LogP contribution >= 0.6 is 0 Å². The average molecular weight is 420 g/mol. The third-order valence-corrected chi connectivity index (χ3v) is 5.72. The summed E-state index contributed by atoms with van der Waals surface area (Å²) < 4.78 is 6.61. The zero-order valence-corrected chi connectivity index (χ0v) is 17.9. The molecule has 4 rings (SSSR count). The van der Waals surface area contributed by atoms with Gasteiger partial charge in [-0.25, -0.2) is 0 Å². The van der Waals surface area contributed by atoms with Gasteiger partial charge >= 0.3 is 0 Å². The first-order valence-corrected chi connectivity index (χ1v) is 10.5. The summed E-state index contributed by atoms with van der Waals surface area (Å²) in [5, 5.41) is 4.42. The molecule has 1 aliphatic heterocycles. The number of carbonyl (C=O) groups excluding carboxylic acids is 1. The minimum absolute atomic E-state index is 0.164. The second-order valence-corrected chi connectivity index (χ2v) is 7.80. The Kier molecular flexibility index (Phi) is 6.13. The predicted octanol–water partition coefficient (Wildman–Crippen LogP) is 1.09. The SMILES string of the molecule is COc1cc(=O)n(-c2ccccc2C)nc1C(=O)N1CC[NH+](Cc2ccccc2)CC1. The molecule has 0 aliphatic carbocycles. The summed E-state index contributed by atoms with van der Waals surface area (Å²) in [6, 6.07) is 19.2. The highest BCUT2D eigenvalue weighted by Gasteiger charge is 2.28. The van der Waals surface area contributed by atoms with Crippen LogP contribution in [0, 0.1) is 6.92 Å². The van der Waals surface area contributed by atoms with Crippen LogP contribution in [-0.4, -0.2) is 53.9 Å². The molecule has 1 saturated heterocycles. The largest absolute Gasteiger partial charge is 0.494 e. The number of nitrogens with one attached hydrogen (secondary N) is 1. The molecule has 0 bridgehead atoms. The number of hydrogen-bond donors (Lipinski definition) is 1. The number of piperazine rings is 1. The summed E-state index contributed by atoms with van der Waals surface area (Å²) >= 11 is 0. The molecule has 3 aromatic rings. The van der Waals surface area contributed by atoms with E-state index >= 15 is 0 Å². The molecule has 0 atom stereocenters. The van der Waals surface area contributed by atoms with Crippen LogP contribution in [0.5, 0.6) is 5.75 Å². The molecular formula is C24H27N4O3+. The van der Waals surface area contributed by atoms with Crippen molar-refractivity contribution in [1.82, 2.24) is 14.7 Å². The van der Waals surface area contributed by atoms with Crippen molar-refractivity contribution in [2.45, 2.75) is 13.5 Å². The molecule has 160 valence electrons. The molecule has 1 amide bonds. The summed E-state index contributed by atoms with van der Waals surface area (Å²) in [4.78, 5) is 29.1. The normalized spacial score (nSPS) is 14.5. The third-order valence-electron chi connectivity index (χ3n) is 5.72. The van der Waals surface area contributed by atoms with E-state index in [1.54, 1.807) is 4.90 Å². The van der Waals surface area contributed by atoms with Crippen molar-refractivity contribution in [1.29, 1.82) is 0 Å². The monoisotopic (exact) mass is 419 g/mol.